The molecule has 1 amide bonds. The molecule has 5 heteroatoms. The highest BCUT2D eigenvalue weighted by molar-refractivity contribution is 5.79. The van der Waals surface area contributed by atoms with Crippen molar-refractivity contribution < 1.29 is 4.79 Å². The number of carbonyl (C=O) groups excluding carboxylic acids is 1. The molecule has 0 bridgehead atoms. The molecule has 0 aromatic heterocycles. The van der Waals surface area contributed by atoms with Crippen molar-refractivity contribution in [2.24, 2.45) is 10.7 Å². The number of hydrogen-bond acceptors (Lipinski definition) is 2. The van der Waals surface area contributed by atoms with E-state index in [1.54, 1.807) is 0 Å². The summed E-state index contributed by atoms with van der Waals surface area (Å²) in [6, 6.07) is 0.567. The highest BCUT2D eigenvalue weighted by Crippen LogP contribution is 2.24. The van der Waals surface area contributed by atoms with E-state index in [9.17, 15) is 4.79 Å². The highest BCUT2D eigenvalue weighted by Gasteiger charge is 2.27. The standard InChI is InChI=1S/C11H22N4O/c1-3-7-13-10(16)6-8-14-11(12)15(2)9-4-5-9/h9H,3-8H2,1-2H3,(H2,12,14)(H,13,16). The van der Waals surface area contributed by atoms with Gasteiger partial charge in [0, 0.05) is 26.1 Å². The molecule has 1 rings (SSSR count). The minimum absolute atomic E-state index is 0.0486. The van der Waals surface area contributed by atoms with Gasteiger partial charge in [0.25, 0.3) is 0 Å². The van der Waals surface area contributed by atoms with Gasteiger partial charge in [-0.1, -0.05) is 6.92 Å². The molecular weight excluding hydrogens is 204 g/mol. The van der Waals surface area contributed by atoms with Gasteiger partial charge in [-0.15, -0.1) is 0 Å². The third-order valence-corrected chi connectivity index (χ3v) is 2.64. The molecule has 0 spiro atoms. The molecule has 0 radical (unpaired) electrons. The Bertz CT molecular complexity index is 261. The molecule has 0 heterocycles. The van der Waals surface area contributed by atoms with Crippen LogP contribution in [0.5, 0.6) is 0 Å². The van der Waals surface area contributed by atoms with E-state index in [1.165, 1.54) is 12.8 Å². The molecule has 3 N–H and O–H groups in total. The van der Waals surface area contributed by atoms with Crippen LogP contribution in [0.25, 0.3) is 0 Å². The van der Waals surface area contributed by atoms with E-state index in [0.717, 1.165) is 13.0 Å². The van der Waals surface area contributed by atoms with Gasteiger partial charge in [0.2, 0.25) is 5.91 Å². The molecule has 1 aliphatic carbocycles. The van der Waals surface area contributed by atoms with E-state index in [2.05, 4.69) is 10.3 Å². The normalized spacial score (nSPS) is 16.0. The van der Waals surface area contributed by atoms with Crippen LogP contribution in [-0.2, 0) is 4.79 Å². The van der Waals surface area contributed by atoms with E-state index < -0.39 is 0 Å². The molecule has 0 aromatic rings. The Morgan fingerprint density at radius 2 is 2.25 bits per heavy atom. The number of nitrogens with zero attached hydrogens (tertiary/aromatic N) is 2. The maximum absolute atomic E-state index is 11.3. The summed E-state index contributed by atoms with van der Waals surface area (Å²) < 4.78 is 0. The number of nitrogens with one attached hydrogen (secondary N) is 1. The smallest absolute Gasteiger partial charge is 0.221 e. The van der Waals surface area contributed by atoms with E-state index in [0.29, 0.717) is 25.0 Å². The minimum atomic E-state index is 0.0486. The second kappa shape index (κ2) is 6.35. The molecular formula is C11H22N4O. The SMILES string of the molecule is CCCNC(=O)CCN=C(N)N(C)C1CC1. The largest absolute Gasteiger partial charge is 0.370 e. The zero-order valence-corrected chi connectivity index (χ0v) is 10.2. The zero-order chi connectivity index (χ0) is 12.0. The molecule has 0 aromatic carbocycles. The number of aliphatic imine (C=N–C) groups is 1. The van der Waals surface area contributed by atoms with Crippen molar-refractivity contribution in [3.63, 3.8) is 0 Å². The first kappa shape index (κ1) is 12.8. The fourth-order valence-corrected chi connectivity index (χ4v) is 1.39. The predicted molar refractivity (Wildman–Crippen MR) is 65.2 cm³/mol. The Hall–Kier alpha value is -1.26. The van der Waals surface area contributed by atoms with Crippen molar-refractivity contribution in [3.05, 3.63) is 0 Å². The van der Waals surface area contributed by atoms with E-state index >= 15 is 0 Å². The summed E-state index contributed by atoms with van der Waals surface area (Å²) in [7, 11) is 1.95. The van der Waals surface area contributed by atoms with Crippen molar-refractivity contribution in [3.8, 4) is 0 Å². The molecule has 16 heavy (non-hydrogen) atoms. The number of carbonyl (C=O) groups is 1. The monoisotopic (exact) mass is 226 g/mol. The van der Waals surface area contributed by atoms with Crippen molar-refractivity contribution in [2.75, 3.05) is 20.1 Å². The number of hydrogen-bond donors (Lipinski definition) is 2. The third-order valence-electron chi connectivity index (χ3n) is 2.64. The summed E-state index contributed by atoms with van der Waals surface area (Å²) in [5.74, 6) is 0.596. The Morgan fingerprint density at radius 3 is 2.81 bits per heavy atom. The van der Waals surface area contributed by atoms with Crippen LogP contribution in [0.1, 0.15) is 32.6 Å². The van der Waals surface area contributed by atoms with Crippen LogP contribution < -0.4 is 11.1 Å². The molecule has 0 unspecified atom stereocenters. The first-order valence-corrected chi connectivity index (χ1v) is 5.94. The van der Waals surface area contributed by atoms with Crippen LogP contribution in [0.3, 0.4) is 0 Å². The van der Waals surface area contributed by atoms with Gasteiger partial charge in [0.05, 0.1) is 6.54 Å². The number of guanidine groups is 1. The summed E-state index contributed by atoms with van der Waals surface area (Å²) in [6.45, 7) is 3.24. The summed E-state index contributed by atoms with van der Waals surface area (Å²) >= 11 is 0. The van der Waals surface area contributed by atoms with E-state index in [-0.39, 0.29) is 5.91 Å². The first-order chi connectivity index (χ1) is 7.65. The summed E-state index contributed by atoms with van der Waals surface area (Å²) in [5.41, 5.74) is 5.79. The van der Waals surface area contributed by atoms with Crippen molar-refractivity contribution in [1.82, 2.24) is 10.2 Å². The summed E-state index contributed by atoms with van der Waals surface area (Å²) in [5, 5.41) is 2.81. The lowest BCUT2D eigenvalue weighted by Gasteiger charge is -2.16. The van der Waals surface area contributed by atoms with Crippen molar-refractivity contribution in [1.29, 1.82) is 0 Å². The van der Waals surface area contributed by atoms with Gasteiger partial charge < -0.3 is 16.0 Å². The third kappa shape index (κ3) is 4.51. The first-order valence-electron chi connectivity index (χ1n) is 5.94. The topological polar surface area (TPSA) is 70.7 Å². The molecule has 0 atom stereocenters. The van der Waals surface area contributed by atoms with Crippen LogP contribution in [0.2, 0.25) is 0 Å². The fourth-order valence-electron chi connectivity index (χ4n) is 1.39. The maximum Gasteiger partial charge on any atom is 0.221 e. The van der Waals surface area contributed by atoms with Gasteiger partial charge in [-0.05, 0) is 19.3 Å². The Balaban J connectivity index is 2.16. The quantitative estimate of drug-likeness (QED) is 0.506. The average molecular weight is 226 g/mol. The van der Waals surface area contributed by atoms with Crippen molar-refractivity contribution in [2.45, 2.75) is 38.6 Å². The molecule has 5 nitrogen and oxygen atoms in total. The number of amides is 1. The van der Waals surface area contributed by atoms with Gasteiger partial charge in [-0.25, -0.2) is 0 Å². The fraction of sp³-hybridized carbons (Fsp3) is 0.818. The lowest BCUT2D eigenvalue weighted by Crippen LogP contribution is -2.36. The van der Waals surface area contributed by atoms with E-state index in [1.807, 2.05) is 18.9 Å². The van der Waals surface area contributed by atoms with Gasteiger partial charge in [-0.2, -0.15) is 0 Å². The van der Waals surface area contributed by atoms with Crippen LogP contribution >= 0.6 is 0 Å². The van der Waals surface area contributed by atoms with Crippen LogP contribution in [-0.4, -0.2) is 42.9 Å². The number of rotatable bonds is 6. The van der Waals surface area contributed by atoms with Crippen LogP contribution in [0, 0.1) is 0 Å². The predicted octanol–water partition coefficient (Wildman–Crippen LogP) is 0.312. The van der Waals surface area contributed by atoms with Gasteiger partial charge in [0.15, 0.2) is 5.96 Å². The lowest BCUT2D eigenvalue weighted by atomic mass is 10.4. The molecule has 1 fully saturated rings. The Labute approximate surface area is 97.1 Å². The van der Waals surface area contributed by atoms with Crippen LogP contribution in [0.4, 0.5) is 0 Å². The van der Waals surface area contributed by atoms with Gasteiger partial charge >= 0.3 is 0 Å². The van der Waals surface area contributed by atoms with E-state index in [4.69, 9.17) is 5.73 Å². The lowest BCUT2D eigenvalue weighted by molar-refractivity contribution is -0.120. The summed E-state index contributed by atoms with van der Waals surface area (Å²) in [4.78, 5) is 17.4. The molecule has 92 valence electrons. The minimum Gasteiger partial charge on any atom is -0.370 e. The van der Waals surface area contributed by atoms with Gasteiger partial charge in [-0.3, -0.25) is 9.79 Å². The second-order valence-corrected chi connectivity index (χ2v) is 4.18. The maximum atomic E-state index is 11.3. The zero-order valence-electron chi connectivity index (χ0n) is 10.2. The average Bonchev–Trinajstić information content (AvgIpc) is 3.08. The Kier molecular flexibility index (Phi) is 5.08. The molecule has 0 aliphatic heterocycles. The molecule has 0 saturated heterocycles. The highest BCUT2D eigenvalue weighted by atomic mass is 16.1. The van der Waals surface area contributed by atoms with Crippen LogP contribution in [0.15, 0.2) is 4.99 Å². The van der Waals surface area contributed by atoms with Gasteiger partial charge in [0.1, 0.15) is 0 Å². The Morgan fingerprint density at radius 1 is 1.56 bits per heavy atom. The van der Waals surface area contributed by atoms with Crippen molar-refractivity contribution >= 4 is 11.9 Å². The molecule has 1 saturated carbocycles. The number of nitrogens with two attached hydrogens (primary N) is 1. The second-order valence-electron chi connectivity index (χ2n) is 4.18. The summed E-state index contributed by atoms with van der Waals surface area (Å²) in [6.07, 6.45) is 3.77. The molecule has 1 aliphatic rings.